The standard InChI is InChI=1S/C21H19NO4S2/c1-12-5-7-15(8-6-12)28(23,24)19-10-14-9-17(25-3)18(26-4)11-16(14)21-20(19)22-13(2)27-21/h5-11H,1-4H3. The molecule has 0 spiro atoms. The van der Waals surface area contributed by atoms with Gasteiger partial charge >= 0.3 is 0 Å². The number of aromatic nitrogens is 1. The van der Waals surface area contributed by atoms with E-state index in [-0.39, 0.29) is 9.79 Å². The minimum atomic E-state index is -3.72. The van der Waals surface area contributed by atoms with Gasteiger partial charge in [-0.25, -0.2) is 13.4 Å². The molecule has 0 aliphatic carbocycles. The third-order valence-corrected chi connectivity index (χ3v) is 7.46. The van der Waals surface area contributed by atoms with Crippen molar-refractivity contribution in [3.8, 4) is 11.5 Å². The first kappa shape index (κ1) is 18.7. The number of hydrogen-bond acceptors (Lipinski definition) is 6. The Labute approximate surface area is 167 Å². The summed E-state index contributed by atoms with van der Waals surface area (Å²) >= 11 is 1.47. The van der Waals surface area contributed by atoms with Crippen molar-refractivity contribution in [3.05, 3.63) is 53.0 Å². The Hall–Kier alpha value is -2.64. The van der Waals surface area contributed by atoms with Crippen LogP contribution in [0.3, 0.4) is 0 Å². The van der Waals surface area contributed by atoms with Gasteiger partial charge in [-0.3, -0.25) is 0 Å². The van der Waals surface area contributed by atoms with Crippen molar-refractivity contribution in [3.63, 3.8) is 0 Å². The maximum absolute atomic E-state index is 13.4. The van der Waals surface area contributed by atoms with Gasteiger partial charge in [0.1, 0.15) is 5.52 Å². The highest BCUT2D eigenvalue weighted by Gasteiger charge is 2.25. The van der Waals surface area contributed by atoms with Gasteiger partial charge in [-0.2, -0.15) is 0 Å². The monoisotopic (exact) mass is 413 g/mol. The number of methoxy groups -OCH3 is 2. The van der Waals surface area contributed by atoms with E-state index in [0.717, 1.165) is 26.0 Å². The molecule has 1 heterocycles. The Kier molecular flexibility index (Phi) is 4.51. The first-order chi connectivity index (χ1) is 13.3. The van der Waals surface area contributed by atoms with Crippen molar-refractivity contribution in [1.29, 1.82) is 0 Å². The Bertz CT molecular complexity index is 1310. The molecule has 1 aromatic heterocycles. The quantitative estimate of drug-likeness (QED) is 0.475. The second-order valence-corrected chi connectivity index (χ2v) is 9.65. The molecule has 28 heavy (non-hydrogen) atoms. The molecule has 3 aromatic carbocycles. The average molecular weight is 414 g/mol. The van der Waals surface area contributed by atoms with Crippen molar-refractivity contribution in [2.75, 3.05) is 14.2 Å². The molecule has 0 radical (unpaired) electrons. The first-order valence-corrected chi connectivity index (χ1v) is 10.9. The van der Waals surface area contributed by atoms with Crippen molar-refractivity contribution in [2.24, 2.45) is 0 Å². The Morgan fingerprint density at radius 3 is 2.21 bits per heavy atom. The summed E-state index contributed by atoms with van der Waals surface area (Å²) in [7, 11) is -0.587. The number of aryl methyl sites for hydroxylation is 2. The summed E-state index contributed by atoms with van der Waals surface area (Å²) in [5.41, 5.74) is 1.49. The fraction of sp³-hybridized carbons (Fsp3) is 0.190. The minimum Gasteiger partial charge on any atom is -0.493 e. The summed E-state index contributed by atoms with van der Waals surface area (Å²) in [6.45, 7) is 3.80. The summed E-state index contributed by atoms with van der Waals surface area (Å²) in [5.74, 6) is 1.14. The highest BCUT2D eigenvalue weighted by atomic mass is 32.2. The third kappa shape index (κ3) is 2.91. The van der Waals surface area contributed by atoms with Gasteiger partial charge in [-0.15, -0.1) is 11.3 Å². The predicted octanol–water partition coefficient (Wildman–Crippen LogP) is 4.92. The van der Waals surface area contributed by atoms with E-state index >= 15 is 0 Å². The summed E-state index contributed by atoms with van der Waals surface area (Å²) in [6.07, 6.45) is 0. The molecule has 0 aliphatic heterocycles. The van der Waals surface area contributed by atoms with Crippen LogP contribution < -0.4 is 9.47 Å². The lowest BCUT2D eigenvalue weighted by molar-refractivity contribution is 0.356. The van der Waals surface area contributed by atoms with Crippen LogP contribution in [0, 0.1) is 13.8 Å². The first-order valence-electron chi connectivity index (χ1n) is 8.63. The van der Waals surface area contributed by atoms with Crippen LogP contribution in [-0.4, -0.2) is 27.6 Å². The van der Waals surface area contributed by atoms with E-state index < -0.39 is 9.84 Å². The van der Waals surface area contributed by atoms with Crippen molar-refractivity contribution >= 4 is 42.2 Å². The van der Waals surface area contributed by atoms with E-state index in [9.17, 15) is 8.42 Å². The van der Waals surface area contributed by atoms with Gasteiger partial charge in [0.25, 0.3) is 0 Å². The lowest BCUT2D eigenvalue weighted by Gasteiger charge is -2.12. The molecule has 4 rings (SSSR count). The van der Waals surface area contributed by atoms with Crippen LogP contribution in [0.4, 0.5) is 0 Å². The van der Waals surface area contributed by atoms with Crippen LogP contribution in [0.2, 0.25) is 0 Å². The molecule has 7 heteroatoms. The summed E-state index contributed by atoms with van der Waals surface area (Å²) in [5, 5.41) is 2.46. The van der Waals surface area contributed by atoms with Crippen LogP contribution in [0.5, 0.6) is 11.5 Å². The Morgan fingerprint density at radius 2 is 1.57 bits per heavy atom. The van der Waals surface area contributed by atoms with E-state index in [0.29, 0.717) is 17.0 Å². The summed E-state index contributed by atoms with van der Waals surface area (Å²) < 4.78 is 38.4. The number of benzene rings is 3. The molecule has 0 bridgehead atoms. The number of rotatable bonds is 4. The van der Waals surface area contributed by atoms with E-state index in [2.05, 4.69) is 4.98 Å². The highest BCUT2D eigenvalue weighted by Crippen LogP contribution is 2.41. The topological polar surface area (TPSA) is 65.5 Å². The maximum atomic E-state index is 13.4. The largest absolute Gasteiger partial charge is 0.493 e. The van der Waals surface area contributed by atoms with Crippen LogP contribution in [-0.2, 0) is 9.84 Å². The number of thiazole rings is 1. The van der Waals surface area contributed by atoms with Gasteiger partial charge < -0.3 is 9.47 Å². The van der Waals surface area contributed by atoms with Crippen LogP contribution in [0.15, 0.2) is 52.3 Å². The van der Waals surface area contributed by atoms with Gasteiger partial charge in [0, 0.05) is 5.39 Å². The zero-order valence-corrected chi connectivity index (χ0v) is 17.6. The van der Waals surface area contributed by atoms with Gasteiger partial charge in [0.15, 0.2) is 11.5 Å². The van der Waals surface area contributed by atoms with Crippen LogP contribution >= 0.6 is 11.3 Å². The summed E-state index contributed by atoms with van der Waals surface area (Å²) in [4.78, 5) is 5.00. The molecule has 0 atom stereocenters. The third-order valence-electron chi connectivity index (χ3n) is 4.68. The normalized spacial score (nSPS) is 11.9. The summed E-state index contributed by atoms with van der Waals surface area (Å²) in [6, 6.07) is 12.2. The van der Waals surface area contributed by atoms with Gasteiger partial charge in [-0.1, -0.05) is 17.7 Å². The number of ether oxygens (including phenoxy) is 2. The fourth-order valence-electron chi connectivity index (χ4n) is 3.25. The lowest BCUT2D eigenvalue weighted by atomic mass is 10.1. The maximum Gasteiger partial charge on any atom is 0.208 e. The fourth-order valence-corrected chi connectivity index (χ4v) is 5.71. The van der Waals surface area contributed by atoms with Gasteiger partial charge in [0.05, 0.1) is 33.7 Å². The van der Waals surface area contributed by atoms with Crippen molar-refractivity contribution < 1.29 is 17.9 Å². The minimum absolute atomic E-state index is 0.204. The van der Waals surface area contributed by atoms with E-state index in [1.54, 1.807) is 50.6 Å². The van der Waals surface area contributed by atoms with Crippen LogP contribution in [0.1, 0.15) is 10.6 Å². The average Bonchev–Trinajstić information content (AvgIpc) is 3.07. The molecule has 144 valence electrons. The molecule has 5 nitrogen and oxygen atoms in total. The number of fused-ring (bicyclic) bond motifs is 3. The molecule has 4 aromatic rings. The molecule has 0 N–H and O–H groups in total. The number of nitrogens with zero attached hydrogens (tertiary/aromatic N) is 1. The molecule has 0 unspecified atom stereocenters. The zero-order valence-electron chi connectivity index (χ0n) is 15.9. The SMILES string of the molecule is COc1cc2cc(S(=O)(=O)c3ccc(C)cc3)c3nc(C)sc3c2cc1OC. The second kappa shape index (κ2) is 6.76. The molecule has 0 aliphatic rings. The predicted molar refractivity (Wildman–Crippen MR) is 112 cm³/mol. The molecular formula is C21H19NO4S2. The highest BCUT2D eigenvalue weighted by molar-refractivity contribution is 7.91. The Balaban J connectivity index is 2.09. The number of sulfone groups is 1. The van der Waals surface area contributed by atoms with Crippen LogP contribution in [0.25, 0.3) is 21.0 Å². The van der Waals surface area contributed by atoms with Gasteiger partial charge in [0.2, 0.25) is 9.84 Å². The molecule has 0 amide bonds. The van der Waals surface area contributed by atoms with Gasteiger partial charge in [-0.05, 0) is 49.6 Å². The lowest BCUT2D eigenvalue weighted by Crippen LogP contribution is -2.03. The molecule has 0 fully saturated rings. The van der Waals surface area contributed by atoms with E-state index in [4.69, 9.17) is 9.47 Å². The van der Waals surface area contributed by atoms with E-state index in [1.807, 2.05) is 19.9 Å². The Morgan fingerprint density at radius 1 is 0.929 bits per heavy atom. The molecule has 0 saturated heterocycles. The van der Waals surface area contributed by atoms with E-state index in [1.165, 1.54) is 11.3 Å². The smallest absolute Gasteiger partial charge is 0.208 e. The zero-order chi connectivity index (χ0) is 20.1. The molecular weight excluding hydrogens is 394 g/mol. The second-order valence-electron chi connectivity index (χ2n) is 6.53. The van der Waals surface area contributed by atoms with Crippen molar-refractivity contribution in [1.82, 2.24) is 4.98 Å². The van der Waals surface area contributed by atoms with Crippen molar-refractivity contribution in [2.45, 2.75) is 23.6 Å². The molecule has 0 saturated carbocycles. The number of hydrogen-bond donors (Lipinski definition) is 0.